The van der Waals surface area contributed by atoms with Crippen LogP contribution in [0.25, 0.3) is 11.3 Å². The lowest BCUT2D eigenvalue weighted by molar-refractivity contribution is 0.0706. The number of hydrogen-bond acceptors (Lipinski definition) is 5. The van der Waals surface area contributed by atoms with Crippen molar-refractivity contribution in [2.24, 2.45) is 0 Å². The molecule has 2 heterocycles. The van der Waals surface area contributed by atoms with Crippen LogP contribution in [-0.4, -0.2) is 28.1 Å². The quantitative estimate of drug-likeness (QED) is 0.386. The van der Waals surface area contributed by atoms with E-state index in [-0.39, 0.29) is 0 Å². The molecule has 128 valence electrons. The van der Waals surface area contributed by atoms with Crippen LogP contribution in [0.5, 0.6) is 0 Å². The molecule has 6 heteroatoms. The van der Waals surface area contributed by atoms with Crippen molar-refractivity contribution < 1.29 is 10.0 Å². The van der Waals surface area contributed by atoms with E-state index < -0.39 is 5.91 Å². The van der Waals surface area contributed by atoms with Gasteiger partial charge in [0.1, 0.15) is 5.82 Å². The van der Waals surface area contributed by atoms with Crippen molar-refractivity contribution in [3.8, 4) is 23.1 Å². The van der Waals surface area contributed by atoms with Crippen molar-refractivity contribution in [2.45, 2.75) is 0 Å². The Labute approximate surface area is 150 Å². The molecule has 0 saturated heterocycles. The smallest absolute Gasteiger partial charge is 0.274 e. The van der Waals surface area contributed by atoms with Gasteiger partial charge in [-0.1, -0.05) is 24.0 Å². The largest absolute Gasteiger partial charge is 0.373 e. The highest BCUT2D eigenvalue weighted by atomic mass is 16.5. The summed E-state index contributed by atoms with van der Waals surface area (Å²) in [4.78, 5) is 20.2. The van der Waals surface area contributed by atoms with E-state index in [1.165, 1.54) is 0 Å². The van der Waals surface area contributed by atoms with E-state index in [1.54, 1.807) is 37.1 Å². The molecule has 1 aromatic carbocycles. The van der Waals surface area contributed by atoms with Crippen molar-refractivity contribution in [1.29, 1.82) is 0 Å². The third-order valence-corrected chi connectivity index (χ3v) is 3.64. The Morgan fingerprint density at radius 3 is 2.50 bits per heavy atom. The second-order valence-electron chi connectivity index (χ2n) is 5.39. The standard InChI is InChI=1S/C20H16N4O2/c1-21-19-12-17(20(25)24-26)11-18(23-19)16-8-6-14(7-9-16)4-5-15-3-2-10-22-13-15/h2-3,6-13,26H,1H3,(H,21,23)(H,24,25). The van der Waals surface area contributed by atoms with Gasteiger partial charge in [0.15, 0.2) is 0 Å². The number of carbonyl (C=O) groups is 1. The molecule has 0 aliphatic rings. The Morgan fingerprint density at radius 2 is 1.85 bits per heavy atom. The lowest BCUT2D eigenvalue weighted by atomic mass is 10.1. The van der Waals surface area contributed by atoms with E-state index in [0.717, 1.165) is 16.7 Å². The molecule has 2 aromatic heterocycles. The fourth-order valence-electron chi connectivity index (χ4n) is 2.31. The average molecular weight is 344 g/mol. The predicted molar refractivity (Wildman–Crippen MR) is 98.7 cm³/mol. The SMILES string of the molecule is CNc1cc(C(=O)NO)cc(-c2ccc(C#Cc3cccnc3)cc2)n1. The summed E-state index contributed by atoms with van der Waals surface area (Å²) >= 11 is 0. The fraction of sp³-hybridized carbons (Fsp3) is 0.0500. The first kappa shape index (κ1) is 17.1. The van der Waals surface area contributed by atoms with Crippen LogP contribution < -0.4 is 10.8 Å². The highest BCUT2D eigenvalue weighted by Crippen LogP contribution is 2.21. The maximum Gasteiger partial charge on any atom is 0.274 e. The number of pyridine rings is 2. The summed E-state index contributed by atoms with van der Waals surface area (Å²) in [5.74, 6) is 6.07. The van der Waals surface area contributed by atoms with Crippen molar-refractivity contribution in [2.75, 3.05) is 12.4 Å². The van der Waals surface area contributed by atoms with Crippen LogP contribution in [0.15, 0.2) is 60.9 Å². The summed E-state index contributed by atoms with van der Waals surface area (Å²) in [7, 11) is 1.71. The molecule has 6 nitrogen and oxygen atoms in total. The molecule has 0 radical (unpaired) electrons. The number of hydroxylamine groups is 1. The maximum atomic E-state index is 11.7. The number of amides is 1. The van der Waals surface area contributed by atoms with Crippen LogP contribution in [0.4, 0.5) is 5.82 Å². The van der Waals surface area contributed by atoms with Gasteiger partial charge in [-0.3, -0.25) is 15.0 Å². The molecule has 0 unspecified atom stereocenters. The predicted octanol–water partition coefficient (Wildman–Crippen LogP) is 2.70. The number of anilines is 1. The average Bonchev–Trinajstić information content (AvgIpc) is 2.72. The normalized spacial score (nSPS) is 9.77. The van der Waals surface area contributed by atoms with Gasteiger partial charge in [0.25, 0.3) is 5.91 Å². The minimum atomic E-state index is -0.593. The van der Waals surface area contributed by atoms with Gasteiger partial charge < -0.3 is 5.32 Å². The minimum Gasteiger partial charge on any atom is -0.373 e. The van der Waals surface area contributed by atoms with Crippen LogP contribution >= 0.6 is 0 Å². The highest BCUT2D eigenvalue weighted by Gasteiger charge is 2.10. The Kier molecular flexibility index (Phi) is 5.22. The Hall–Kier alpha value is -3.69. The van der Waals surface area contributed by atoms with Gasteiger partial charge >= 0.3 is 0 Å². The Balaban J connectivity index is 1.89. The van der Waals surface area contributed by atoms with Gasteiger partial charge in [-0.05, 0) is 36.4 Å². The van der Waals surface area contributed by atoms with Crippen molar-refractivity contribution >= 4 is 11.7 Å². The molecule has 0 saturated carbocycles. The maximum absolute atomic E-state index is 11.7. The molecule has 0 fully saturated rings. The van der Waals surface area contributed by atoms with Crippen LogP contribution in [0.3, 0.4) is 0 Å². The number of benzene rings is 1. The molecule has 26 heavy (non-hydrogen) atoms. The first-order chi connectivity index (χ1) is 12.7. The molecule has 3 N–H and O–H groups in total. The van der Waals surface area contributed by atoms with Gasteiger partial charge in [0.2, 0.25) is 0 Å². The van der Waals surface area contributed by atoms with Gasteiger partial charge in [-0.2, -0.15) is 0 Å². The first-order valence-electron chi connectivity index (χ1n) is 7.86. The van der Waals surface area contributed by atoms with Crippen LogP contribution in [0, 0.1) is 11.8 Å². The molecule has 1 amide bonds. The topological polar surface area (TPSA) is 87.1 Å². The number of rotatable bonds is 3. The summed E-state index contributed by atoms with van der Waals surface area (Å²) in [6, 6.07) is 14.5. The number of nitrogens with one attached hydrogen (secondary N) is 2. The third kappa shape index (κ3) is 4.04. The number of aromatic nitrogens is 2. The third-order valence-electron chi connectivity index (χ3n) is 3.64. The summed E-state index contributed by atoms with van der Waals surface area (Å²) in [6.07, 6.45) is 3.42. The van der Waals surface area contributed by atoms with Crippen molar-refractivity contribution in [1.82, 2.24) is 15.4 Å². The first-order valence-corrected chi connectivity index (χ1v) is 7.86. The monoisotopic (exact) mass is 344 g/mol. The molecule has 3 rings (SSSR count). The molecule has 0 spiro atoms. The van der Waals surface area contributed by atoms with E-state index in [0.29, 0.717) is 17.1 Å². The van der Waals surface area contributed by atoms with Crippen LogP contribution in [0.2, 0.25) is 0 Å². The van der Waals surface area contributed by atoms with Gasteiger partial charge in [0.05, 0.1) is 5.69 Å². The highest BCUT2D eigenvalue weighted by molar-refractivity contribution is 5.95. The van der Waals surface area contributed by atoms with Crippen molar-refractivity contribution in [3.63, 3.8) is 0 Å². The van der Waals surface area contributed by atoms with Crippen LogP contribution in [-0.2, 0) is 0 Å². The minimum absolute atomic E-state index is 0.308. The van der Waals surface area contributed by atoms with Gasteiger partial charge in [0, 0.05) is 41.7 Å². The second-order valence-corrected chi connectivity index (χ2v) is 5.39. The zero-order valence-electron chi connectivity index (χ0n) is 14.0. The van der Waals surface area contributed by atoms with Gasteiger partial charge in [-0.15, -0.1) is 0 Å². The summed E-state index contributed by atoms with van der Waals surface area (Å²) in [5.41, 5.74) is 5.09. The molecular formula is C20H16N4O2. The van der Waals surface area contributed by atoms with E-state index in [1.807, 2.05) is 36.4 Å². The molecule has 0 aliphatic carbocycles. The van der Waals surface area contributed by atoms with Crippen LogP contribution in [0.1, 0.15) is 21.5 Å². The molecule has 3 aromatic rings. The Morgan fingerprint density at radius 1 is 1.08 bits per heavy atom. The number of carbonyl (C=O) groups excluding carboxylic acids is 1. The zero-order chi connectivity index (χ0) is 18.4. The lowest BCUT2D eigenvalue weighted by Crippen LogP contribution is -2.19. The second kappa shape index (κ2) is 7.92. The van der Waals surface area contributed by atoms with E-state index in [9.17, 15) is 4.79 Å². The molecule has 0 atom stereocenters. The van der Waals surface area contributed by atoms with E-state index in [4.69, 9.17) is 5.21 Å². The summed E-state index contributed by atoms with van der Waals surface area (Å²) in [5, 5.41) is 11.7. The summed E-state index contributed by atoms with van der Waals surface area (Å²) in [6.45, 7) is 0. The van der Waals surface area contributed by atoms with Gasteiger partial charge in [-0.25, -0.2) is 10.5 Å². The van der Waals surface area contributed by atoms with E-state index in [2.05, 4.69) is 27.1 Å². The zero-order valence-corrected chi connectivity index (χ0v) is 14.0. The Bertz CT molecular complexity index is 974. The lowest BCUT2D eigenvalue weighted by Gasteiger charge is -2.08. The number of hydrogen-bond donors (Lipinski definition) is 3. The molecular weight excluding hydrogens is 328 g/mol. The number of nitrogens with zero attached hydrogens (tertiary/aromatic N) is 2. The molecule has 0 bridgehead atoms. The summed E-state index contributed by atoms with van der Waals surface area (Å²) < 4.78 is 0. The van der Waals surface area contributed by atoms with E-state index >= 15 is 0 Å². The van der Waals surface area contributed by atoms with Crippen molar-refractivity contribution in [3.05, 3.63) is 77.6 Å². The fourth-order valence-corrected chi connectivity index (χ4v) is 2.31. The molecule has 0 aliphatic heterocycles.